The van der Waals surface area contributed by atoms with Crippen molar-refractivity contribution in [3.63, 3.8) is 0 Å². The van der Waals surface area contributed by atoms with Crippen LogP contribution in [0.25, 0.3) is 0 Å². The van der Waals surface area contributed by atoms with Gasteiger partial charge in [-0.15, -0.1) is 0 Å². The quantitative estimate of drug-likeness (QED) is 0.892. The van der Waals surface area contributed by atoms with E-state index in [1.54, 1.807) is 0 Å². The van der Waals surface area contributed by atoms with E-state index in [-0.39, 0.29) is 0 Å². The van der Waals surface area contributed by atoms with Crippen LogP contribution < -0.4 is 5.32 Å². The number of rotatable bonds is 3. The SMILES string of the molecule is CCCC1CN=C(Nc2ccc(Br)cc2C)S1. The summed E-state index contributed by atoms with van der Waals surface area (Å²) in [5.74, 6) is 0. The van der Waals surface area contributed by atoms with E-state index in [4.69, 9.17) is 0 Å². The summed E-state index contributed by atoms with van der Waals surface area (Å²) < 4.78 is 1.12. The summed E-state index contributed by atoms with van der Waals surface area (Å²) >= 11 is 5.35. The Morgan fingerprint density at radius 3 is 3.06 bits per heavy atom. The van der Waals surface area contributed by atoms with Crippen LogP contribution in [0.3, 0.4) is 0 Å². The Kier molecular flexibility index (Phi) is 4.51. The second-order valence-corrected chi connectivity index (χ2v) is 6.46. The largest absolute Gasteiger partial charge is 0.335 e. The van der Waals surface area contributed by atoms with E-state index in [1.807, 2.05) is 11.8 Å². The molecule has 2 nitrogen and oxygen atoms in total. The van der Waals surface area contributed by atoms with Gasteiger partial charge in [0.15, 0.2) is 5.17 Å². The van der Waals surface area contributed by atoms with Crippen LogP contribution in [-0.4, -0.2) is 17.0 Å². The van der Waals surface area contributed by atoms with Crippen molar-refractivity contribution in [3.05, 3.63) is 28.2 Å². The molecule has 0 amide bonds. The number of aliphatic imine (C=N–C) groups is 1. The zero-order valence-electron chi connectivity index (χ0n) is 10.2. The van der Waals surface area contributed by atoms with E-state index in [1.165, 1.54) is 18.4 Å². The van der Waals surface area contributed by atoms with Crippen molar-refractivity contribution in [2.75, 3.05) is 11.9 Å². The van der Waals surface area contributed by atoms with E-state index in [0.717, 1.165) is 21.9 Å². The molecule has 1 aliphatic heterocycles. The highest BCUT2D eigenvalue weighted by molar-refractivity contribution is 9.10. The molecule has 1 aliphatic rings. The van der Waals surface area contributed by atoms with Crippen molar-refractivity contribution in [1.29, 1.82) is 0 Å². The number of hydrogen-bond donors (Lipinski definition) is 1. The Morgan fingerprint density at radius 2 is 2.35 bits per heavy atom. The Labute approximate surface area is 115 Å². The average molecular weight is 313 g/mol. The molecular formula is C13H17BrN2S. The predicted octanol–water partition coefficient (Wildman–Crippen LogP) is 4.44. The zero-order valence-corrected chi connectivity index (χ0v) is 12.6. The van der Waals surface area contributed by atoms with Crippen molar-refractivity contribution in [3.8, 4) is 0 Å². The van der Waals surface area contributed by atoms with Gasteiger partial charge in [-0.05, 0) is 37.1 Å². The molecular weight excluding hydrogens is 296 g/mol. The third kappa shape index (κ3) is 3.49. The summed E-state index contributed by atoms with van der Waals surface area (Å²) in [5.41, 5.74) is 2.39. The Morgan fingerprint density at radius 1 is 1.53 bits per heavy atom. The molecule has 0 aliphatic carbocycles. The number of benzene rings is 1. The molecule has 0 bridgehead atoms. The number of hydrogen-bond acceptors (Lipinski definition) is 3. The molecule has 1 aromatic rings. The van der Waals surface area contributed by atoms with Crippen LogP contribution in [0.2, 0.25) is 0 Å². The van der Waals surface area contributed by atoms with Gasteiger partial charge in [0.2, 0.25) is 0 Å². The van der Waals surface area contributed by atoms with Gasteiger partial charge in [0, 0.05) is 15.4 Å². The maximum atomic E-state index is 4.55. The second-order valence-electron chi connectivity index (χ2n) is 4.26. The van der Waals surface area contributed by atoms with Gasteiger partial charge in [-0.25, -0.2) is 0 Å². The molecule has 1 aromatic carbocycles. The number of nitrogens with one attached hydrogen (secondary N) is 1. The van der Waals surface area contributed by atoms with Crippen molar-refractivity contribution in [1.82, 2.24) is 0 Å². The summed E-state index contributed by atoms with van der Waals surface area (Å²) in [4.78, 5) is 4.55. The lowest BCUT2D eigenvalue weighted by Gasteiger charge is -2.10. The molecule has 2 rings (SSSR count). The van der Waals surface area contributed by atoms with E-state index in [9.17, 15) is 0 Å². The molecule has 0 spiro atoms. The Bertz CT molecular complexity index is 431. The first-order valence-electron chi connectivity index (χ1n) is 5.93. The lowest BCUT2D eigenvalue weighted by molar-refractivity contribution is 0.754. The monoisotopic (exact) mass is 312 g/mol. The zero-order chi connectivity index (χ0) is 12.3. The third-order valence-electron chi connectivity index (χ3n) is 2.76. The summed E-state index contributed by atoms with van der Waals surface area (Å²) in [5, 5.41) is 5.15. The number of thioether (sulfide) groups is 1. The van der Waals surface area contributed by atoms with Crippen LogP contribution in [0.5, 0.6) is 0 Å². The van der Waals surface area contributed by atoms with Gasteiger partial charge in [-0.3, -0.25) is 4.99 Å². The summed E-state index contributed by atoms with van der Waals surface area (Å²) in [6.07, 6.45) is 2.48. The van der Waals surface area contributed by atoms with Crippen molar-refractivity contribution < 1.29 is 0 Å². The predicted molar refractivity (Wildman–Crippen MR) is 81.1 cm³/mol. The van der Waals surface area contributed by atoms with Gasteiger partial charge < -0.3 is 5.32 Å². The highest BCUT2D eigenvalue weighted by Gasteiger charge is 2.18. The maximum Gasteiger partial charge on any atom is 0.161 e. The van der Waals surface area contributed by atoms with Crippen LogP contribution >= 0.6 is 27.7 Å². The van der Waals surface area contributed by atoms with E-state index < -0.39 is 0 Å². The van der Waals surface area contributed by atoms with Gasteiger partial charge in [-0.1, -0.05) is 41.0 Å². The van der Waals surface area contributed by atoms with Crippen molar-refractivity contribution in [2.45, 2.75) is 31.9 Å². The van der Waals surface area contributed by atoms with E-state index in [0.29, 0.717) is 5.25 Å². The summed E-state index contributed by atoms with van der Waals surface area (Å²) in [7, 11) is 0. The number of halogens is 1. The number of aryl methyl sites for hydroxylation is 1. The molecule has 1 unspecified atom stereocenters. The van der Waals surface area contributed by atoms with Crippen LogP contribution in [-0.2, 0) is 0 Å². The topological polar surface area (TPSA) is 24.4 Å². The van der Waals surface area contributed by atoms with Crippen LogP contribution in [0.4, 0.5) is 5.69 Å². The molecule has 0 aromatic heterocycles. The molecule has 0 radical (unpaired) electrons. The molecule has 0 fully saturated rings. The fraction of sp³-hybridized carbons (Fsp3) is 0.462. The Balaban J connectivity index is 1.98. The minimum atomic E-state index is 0.665. The van der Waals surface area contributed by atoms with Gasteiger partial charge in [0.05, 0.1) is 6.54 Å². The fourth-order valence-corrected chi connectivity index (χ4v) is 3.45. The number of anilines is 1. The fourth-order valence-electron chi connectivity index (χ4n) is 1.84. The lowest BCUT2D eigenvalue weighted by atomic mass is 10.2. The first kappa shape index (κ1) is 13.0. The molecule has 0 saturated heterocycles. The van der Waals surface area contributed by atoms with Crippen LogP contribution in [0.15, 0.2) is 27.7 Å². The van der Waals surface area contributed by atoms with Gasteiger partial charge in [0.1, 0.15) is 0 Å². The molecule has 17 heavy (non-hydrogen) atoms. The van der Waals surface area contributed by atoms with Crippen LogP contribution in [0, 0.1) is 6.92 Å². The van der Waals surface area contributed by atoms with Crippen LogP contribution in [0.1, 0.15) is 25.3 Å². The molecule has 1 heterocycles. The lowest BCUT2D eigenvalue weighted by Crippen LogP contribution is -2.08. The minimum absolute atomic E-state index is 0.665. The number of amidine groups is 1. The Hall–Kier alpha value is -0.480. The standard InChI is InChI=1S/C13H17BrN2S/c1-3-4-11-8-15-13(17-11)16-12-6-5-10(14)7-9(12)2/h5-7,11H,3-4,8H2,1-2H3,(H,15,16). The maximum absolute atomic E-state index is 4.55. The van der Waals surface area contributed by atoms with E-state index in [2.05, 4.69) is 58.3 Å². The molecule has 1 atom stereocenters. The molecule has 0 saturated carbocycles. The first-order chi connectivity index (χ1) is 8.19. The van der Waals surface area contributed by atoms with Gasteiger partial charge in [0.25, 0.3) is 0 Å². The van der Waals surface area contributed by atoms with Crippen molar-refractivity contribution in [2.24, 2.45) is 4.99 Å². The summed E-state index contributed by atoms with van der Waals surface area (Å²) in [6, 6.07) is 6.26. The molecule has 1 N–H and O–H groups in total. The number of nitrogens with zero attached hydrogens (tertiary/aromatic N) is 1. The summed E-state index contributed by atoms with van der Waals surface area (Å²) in [6.45, 7) is 5.29. The smallest absolute Gasteiger partial charge is 0.161 e. The van der Waals surface area contributed by atoms with Crippen molar-refractivity contribution >= 4 is 38.5 Å². The third-order valence-corrected chi connectivity index (χ3v) is 4.42. The van der Waals surface area contributed by atoms with E-state index >= 15 is 0 Å². The average Bonchev–Trinajstić information content (AvgIpc) is 2.71. The second kappa shape index (κ2) is 5.91. The normalized spacial score (nSPS) is 19.2. The van der Waals surface area contributed by atoms with Gasteiger partial charge in [-0.2, -0.15) is 0 Å². The highest BCUT2D eigenvalue weighted by Crippen LogP contribution is 2.27. The molecule has 92 valence electrons. The highest BCUT2D eigenvalue weighted by atomic mass is 79.9. The first-order valence-corrected chi connectivity index (χ1v) is 7.60. The minimum Gasteiger partial charge on any atom is -0.335 e. The van der Waals surface area contributed by atoms with Gasteiger partial charge >= 0.3 is 0 Å². The molecule has 4 heteroatoms.